The zero-order valence-corrected chi connectivity index (χ0v) is 10.9. The molecule has 0 aromatic carbocycles. The average molecular weight is 274 g/mol. The first-order chi connectivity index (χ1) is 7.80. The normalized spacial score (nSPS) is 13.8. The van der Waals surface area contributed by atoms with Crippen LogP contribution < -0.4 is 5.32 Å². The maximum Gasteiger partial charge on any atom is 0.389 e. The van der Waals surface area contributed by atoms with E-state index in [9.17, 15) is 18.0 Å². The van der Waals surface area contributed by atoms with Gasteiger partial charge in [0.15, 0.2) is 0 Å². The second-order valence-electron chi connectivity index (χ2n) is 4.01. The molecule has 2 nitrogen and oxygen atoms in total. The minimum atomic E-state index is -4.28. The molecule has 0 heterocycles. The fourth-order valence-electron chi connectivity index (χ4n) is 1.52. The van der Waals surface area contributed by atoms with Gasteiger partial charge in [0, 0.05) is 13.0 Å². The molecule has 0 fully saturated rings. The lowest BCUT2D eigenvalue weighted by atomic mass is 9.99. The fourth-order valence-corrected chi connectivity index (χ4v) is 1.96. The molecule has 17 heavy (non-hydrogen) atoms. The largest absolute Gasteiger partial charge is 0.389 e. The lowest BCUT2D eigenvalue weighted by Gasteiger charge is -2.19. The van der Waals surface area contributed by atoms with Crippen LogP contribution in [0.4, 0.5) is 13.2 Å². The molecule has 1 atom stereocenters. The highest BCUT2D eigenvalue weighted by atomic mass is 35.5. The van der Waals surface area contributed by atoms with Gasteiger partial charge in [-0.05, 0) is 5.92 Å². The number of nitrogens with one attached hydrogen (secondary N) is 1. The van der Waals surface area contributed by atoms with Crippen molar-refractivity contribution in [3.05, 3.63) is 0 Å². The highest BCUT2D eigenvalue weighted by molar-refractivity contribution is 6.21. The topological polar surface area (TPSA) is 29.1 Å². The van der Waals surface area contributed by atoms with Crippen LogP contribution in [0, 0.1) is 5.92 Å². The van der Waals surface area contributed by atoms with Crippen LogP contribution in [0.1, 0.15) is 39.5 Å². The van der Waals surface area contributed by atoms with Gasteiger partial charge in [-0.25, -0.2) is 0 Å². The maximum absolute atomic E-state index is 11.8. The predicted octanol–water partition coefficient (Wildman–Crippen LogP) is 3.49. The summed E-state index contributed by atoms with van der Waals surface area (Å²) in [7, 11) is 0. The number of hydrogen-bond donors (Lipinski definition) is 1. The van der Waals surface area contributed by atoms with Crippen molar-refractivity contribution >= 4 is 17.5 Å². The van der Waals surface area contributed by atoms with Gasteiger partial charge in [0.1, 0.15) is 0 Å². The first kappa shape index (κ1) is 16.6. The van der Waals surface area contributed by atoms with Crippen LogP contribution >= 0.6 is 11.6 Å². The van der Waals surface area contributed by atoms with Gasteiger partial charge in [-0.2, -0.15) is 13.2 Å². The Labute approximate surface area is 105 Å². The molecular weight excluding hydrogens is 255 g/mol. The number of rotatable bonds is 7. The minimum Gasteiger partial charge on any atom is -0.355 e. The maximum atomic E-state index is 11.8. The van der Waals surface area contributed by atoms with E-state index in [1.807, 2.05) is 13.8 Å². The summed E-state index contributed by atoms with van der Waals surface area (Å²) >= 11 is 6.04. The van der Waals surface area contributed by atoms with E-state index in [4.69, 9.17) is 11.6 Å². The van der Waals surface area contributed by atoms with Crippen molar-refractivity contribution in [2.45, 2.75) is 51.1 Å². The van der Waals surface area contributed by atoms with E-state index < -0.39 is 24.9 Å². The van der Waals surface area contributed by atoms with Gasteiger partial charge in [-0.15, -0.1) is 11.6 Å². The van der Waals surface area contributed by atoms with Crippen molar-refractivity contribution in [3.8, 4) is 0 Å². The quantitative estimate of drug-likeness (QED) is 0.707. The second-order valence-corrected chi connectivity index (χ2v) is 4.57. The van der Waals surface area contributed by atoms with Crippen molar-refractivity contribution in [1.82, 2.24) is 5.32 Å². The van der Waals surface area contributed by atoms with Crippen molar-refractivity contribution in [2.24, 2.45) is 5.92 Å². The predicted molar refractivity (Wildman–Crippen MR) is 62.0 cm³/mol. The van der Waals surface area contributed by atoms with Crippen LogP contribution in [0.15, 0.2) is 0 Å². The highest BCUT2D eigenvalue weighted by Gasteiger charge is 2.28. The molecule has 0 spiro atoms. The molecule has 0 aliphatic rings. The third-order valence-electron chi connectivity index (χ3n) is 2.69. The third kappa shape index (κ3) is 8.30. The Hall–Kier alpha value is -0.450. The Bertz CT molecular complexity index is 229. The summed E-state index contributed by atoms with van der Waals surface area (Å²) in [6, 6.07) is 0. The van der Waals surface area contributed by atoms with Crippen LogP contribution in [-0.2, 0) is 4.79 Å². The SMILES string of the molecule is CCC(CC)C(Cl)CNC(=O)CCC(F)(F)F. The smallest absolute Gasteiger partial charge is 0.355 e. The average Bonchev–Trinajstić information content (AvgIpc) is 2.24. The number of carbonyl (C=O) groups is 1. The zero-order valence-electron chi connectivity index (χ0n) is 10.1. The molecule has 0 saturated heterocycles. The van der Waals surface area contributed by atoms with Crippen LogP contribution in [0.3, 0.4) is 0 Å². The Morgan fingerprint density at radius 3 is 2.24 bits per heavy atom. The van der Waals surface area contributed by atoms with Crippen LogP contribution in [0.2, 0.25) is 0 Å². The molecule has 0 aliphatic carbocycles. The molecule has 0 saturated carbocycles. The minimum absolute atomic E-state index is 0.222. The molecule has 6 heteroatoms. The van der Waals surface area contributed by atoms with E-state index >= 15 is 0 Å². The molecule has 1 unspecified atom stereocenters. The number of carbonyl (C=O) groups excluding carboxylic acids is 1. The van der Waals surface area contributed by atoms with Gasteiger partial charge >= 0.3 is 6.18 Å². The van der Waals surface area contributed by atoms with Gasteiger partial charge < -0.3 is 5.32 Å². The van der Waals surface area contributed by atoms with E-state index in [0.717, 1.165) is 12.8 Å². The summed E-state index contributed by atoms with van der Waals surface area (Å²) in [4.78, 5) is 11.1. The lowest BCUT2D eigenvalue weighted by Crippen LogP contribution is -2.33. The Balaban J connectivity index is 3.84. The van der Waals surface area contributed by atoms with Crippen molar-refractivity contribution in [1.29, 1.82) is 0 Å². The number of halogens is 4. The first-order valence-electron chi connectivity index (χ1n) is 5.77. The summed E-state index contributed by atoms with van der Waals surface area (Å²) in [5.74, 6) is -0.321. The van der Waals surface area contributed by atoms with Crippen molar-refractivity contribution in [2.75, 3.05) is 6.54 Å². The molecule has 0 aromatic heterocycles. The van der Waals surface area contributed by atoms with E-state index in [0.29, 0.717) is 0 Å². The third-order valence-corrected chi connectivity index (χ3v) is 3.20. The molecule has 0 radical (unpaired) electrons. The van der Waals surface area contributed by atoms with Crippen LogP contribution in [0.25, 0.3) is 0 Å². The van der Waals surface area contributed by atoms with Gasteiger partial charge in [0.2, 0.25) is 5.91 Å². The number of amides is 1. The number of hydrogen-bond acceptors (Lipinski definition) is 1. The Kier molecular flexibility index (Phi) is 7.59. The van der Waals surface area contributed by atoms with Gasteiger partial charge in [0.05, 0.1) is 11.8 Å². The molecule has 1 N–H and O–H groups in total. The Morgan fingerprint density at radius 2 is 1.82 bits per heavy atom. The van der Waals surface area contributed by atoms with Crippen LogP contribution in [-0.4, -0.2) is 24.0 Å². The summed E-state index contributed by atoms with van der Waals surface area (Å²) in [5, 5.41) is 2.21. The van der Waals surface area contributed by atoms with Gasteiger partial charge in [-0.3, -0.25) is 4.79 Å². The summed E-state index contributed by atoms with van der Waals surface area (Å²) in [6.45, 7) is 4.22. The second kappa shape index (κ2) is 7.80. The number of alkyl halides is 4. The molecule has 0 rings (SSSR count). The molecule has 0 aromatic rings. The van der Waals surface area contributed by atoms with E-state index in [2.05, 4.69) is 5.32 Å². The summed E-state index contributed by atoms with van der Waals surface area (Å²) in [5.41, 5.74) is 0. The highest BCUT2D eigenvalue weighted by Crippen LogP contribution is 2.21. The van der Waals surface area contributed by atoms with Crippen molar-refractivity contribution in [3.63, 3.8) is 0 Å². The monoisotopic (exact) mass is 273 g/mol. The van der Waals surface area contributed by atoms with Gasteiger partial charge in [-0.1, -0.05) is 26.7 Å². The molecule has 1 amide bonds. The summed E-state index contributed by atoms with van der Waals surface area (Å²) in [6.07, 6.45) is -4.12. The molecular formula is C11H19ClF3NO. The zero-order chi connectivity index (χ0) is 13.5. The first-order valence-corrected chi connectivity index (χ1v) is 6.21. The van der Waals surface area contributed by atoms with Crippen LogP contribution in [0.5, 0.6) is 0 Å². The van der Waals surface area contributed by atoms with E-state index in [1.165, 1.54) is 0 Å². The lowest BCUT2D eigenvalue weighted by molar-refractivity contribution is -0.144. The van der Waals surface area contributed by atoms with Gasteiger partial charge in [0.25, 0.3) is 0 Å². The summed E-state index contributed by atoms with van der Waals surface area (Å²) < 4.78 is 35.5. The van der Waals surface area contributed by atoms with Crippen molar-refractivity contribution < 1.29 is 18.0 Å². The van der Waals surface area contributed by atoms with E-state index in [1.54, 1.807) is 0 Å². The molecule has 0 aliphatic heterocycles. The fraction of sp³-hybridized carbons (Fsp3) is 0.909. The standard InChI is InChI=1S/C11H19ClF3NO/c1-3-8(4-2)9(12)7-16-10(17)5-6-11(13,14)15/h8-9H,3-7H2,1-2H3,(H,16,17). The Morgan fingerprint density at radius 1 is 1.29 bits per heavy atom. The van der Waals surface area contributed by atoms with E-state index in [-0.39, 0.29) is 17.8 Å². The molecule has 0 bridgehead atoms. The molecule has 102 valence electrons.